The molecule has 0 aliphatic rings. The quantitative estimate of drug-likeness (QED) is 0.878. The molecule has 0 spiro atoms. The van der Waals surface area contributed by atoms with Crippen LogP contribution in [0.5, 0.6) is 0 Å². The maximum absolute atomic E-state index is 13.4. The van der Waals surface area contributed by atoms with E-state index in [4.69, 9.17) is 11.6 Å². The van der Waals surface area contributed by atoms with Crippen molar-refractivity contribution in [1.82, 2.24) is 10.6 Å². The van der Waals surface area contributed by atoms with Crippen LogP contribution in [-0.2, 0) is 4.79 Å². The zero-order valence-corrected chi connectivity index (χ0v) is 13.3. The second-order valence-electron chi connectivity index (χ2n) is 4.59. The molecule has 2 amide bonds. The molecule has 4 nitrogen and oxygen atoms in total. The minimum absolute atomic E-state index is 0.0895. The van der Waals surface area contributed by atoms with Crippen molar-refractivity contribution < 1.29 is 14.0 Å². The summed E-state index contributed by atoms with van der Waals surface area (Å²) in [5, 5.41) is 5.12. The molecule has 1 aromatic carbocycles. The van der Waals surface area contributed by atoms with E-state index < -0.39 is 11.7 Å². The third kappa shape index (κ3) is 4.29. The standard InChI is InChI=1S/C15H14ClFN2O2S/c1-9(12-6-7-13(16)22-12)19-14(20)8-18-15(21)10-4-2-3-5-11(10)17/h2-7,9H,8H2,1H3,(H,18,21)(H,19,20). The number of halogens is 2. The van der Waals surface area contributed by atoms with Gasteiger partial charge in [-0.25, -0.2) is 4.39 Å². The predicted molar refractivity (Wildman–Crippen MR) is 84.6 cm³/mol. The molecule has 0 radical (unpaired) electrons. The Morgan fingerprint density at radius 1 is 1.27 bits per heavy atom. The normalized spacial score (nSPS) is 11.8. The molecule has 7 heteroatoms. The van der Waals surface area contributed by atoms with Crippen LogP contribution >= 0.6 is 22.9 Å². The highest BCUT2D eigenvalue weighted by Gasteiger charge is 2.14. The maximum Gasteiger partial charge on any atom is 0.254 e. The van der Waals surface area contributed by atoms with Gasteiger partial charge in [-0.3, -0.25) is 9.59 Å². The molecular weight excluding hydrogens is 327 g/mol. The van der Waals surface area contributed by atoms with E-state index in [1.807, 2.05) is 13.0 Å². The van der Waals surface area contributed by atoms with Crippen molar-refractivity contribution in [3.63, 3.8) is 0 Å². The number of amides is 2. The van der Waals surface area contributed by atoms with Gasteiger partial charge < -0.3 is 10.6 Å². The van der Waals surface area contributed by atoms with Gasteiger partial charge in [0.1, 0.15) is 5.82 Å². The molecule has 1 heterocycles. The first-order chi connectivity index (χ1) is 10.5. The molecular formula is C15H14ClFN2O2S. The van der Waals surface area contributed by atoms with Gasteiger partial charge in [0.05, 0.1) is 22.5 Å². The number of carbonyl (C=O) groups excluding carboxylic acids is 2. The van der Waals surface area contributed by atoms with Crippen LogP contribution in [-0.4, -0.2) is 18.4 Å². The maximum atomic E-state index is 13.4. The molecule has 1 aromatic heterocycles. The highest BCUT2D eigenvalue weighted by Crippen LogP contribution is 2.26. The van der Waals surface area contributed by atoms with Gasteiger partial charge in [0.15, 0.2) is 0 Å². The SMILES string of the molecule is CC(NC(=O)CNC(=O)c1ccccc1F)c1ccc(Cl)s1. The number of thiophene rings is 1. The molecule has 2 aromatic rings. The minimum Gasteiger partial charge on any atom is -0.347 e. The fourth-order valence-electron chi connectivity index (χ4n) is 1.83. The highest BCUT2D eigenvalue weighted by atomic mass is 35.5. The molecule has 0 saturated heterocycles. The lowest BCUT2D eigenvalue weighted by Gasteiger charge is -2.12. The van der Waals surface area contributed by atoms with Gasteiger partial charge in [0.25, 0.3) is 5.91 Å². The van der Waals surface area contributed by atoms with E-state index in [0.717, 1.165) is 4.88 Å². The Morgan fingerprint density at radius 3 is 2.64 bits per heavy atom. The Kier molecular flexibility index (Phi) is 5.51. The van der Waals surface area contributed by atoms with E-state index in [1.54, 1.807) is 12.1 Å². The van der Waals surface area contributed by atoms with Gasteiger partial charge in [0, 0.05) is 4.88 Å². The Balaban J connectivity index is 1.85. The van der Waals surface area contributed by atoms with Crippen LogP contribution in [0.15, 0.2) is 36.4 Å². The van der Waals surface area contributed by atoms with E-state index in [2.05, 4.69) is 10.6 Å². The van der Waals surface area contributed by atoms with Crippen molar-refractivity contribution in [2.75, 3.05) is 6.54 Å². The van der Waals surface area contributed by atoms with Crippen LogP contribution in [0, 0.1) is 5.82 Å². The summed E-state index contributed by atoms with van der Waals surface area (Å²) in [5.41, 5.74) is -0.0895. The number of hydrogen-bond acceptors (Lipinski definition) is 3. The largest absolute Gasteiger partial charge is 0.347 e. The fraction of sp³-hybridized carbons (Fsp3) is 0.200. The molecule has 0 bridgehead atoms. The fourth-order valence-corrected chi connectivity index (χ4v) is 2.89. The molecule has 1 atom stereocenters. The predicted octanol–water partition coefficient (Wildman–Crippen LogP) is 3.15. The lowest BCUT2D eigenvalue weighted by molar-refractivity contribution is -0.120. The zero-order chi connectivity index (χ0) is 16.1. The van der Waals surface area contributed by atoms with Gasteiger partial charge in [-0.2, -0.15) is 0 Å². The van der Waals surface area contributed by atoms with Crippen molar-refractivity contribution >= 4 is 34.8 Å². The molecule has 0 aliphatic carbocycles. The number of rotatable bonds is 5. The van der Waals surface area contributed by atoms with E-state index in [0.29, 0.717) is 4.34 Å². The van der Waals surface area contributed by atoms with Gasteiger partial charge in [-0.1, -0.05) is 23.7 Å². The Morgan fingerprint density at radius 2 is 2.00 bits per heavy atom. The van der Waals surface area contributed by atoms with E-state index in [-0.39, 0.29) is 24.1 Å². The summed E-state index contributed by atoms with van der Waals surface area (Å²) < 4.78 is 14.1. The van der Waals surface area contributed by atoms with E-state index in [1.165, 1.54) is 29.5 Å². The number of benzene rings is 1. The molecule has 0 aliphatic heterocycles. The first-order valence-electron chi connectivity index (χ1n) is 6.54. The van der Waals surface area contributed by atoms with Crippen LogP contribution in [0.2, 0.25) is 4.34 Å². The van der Waals surface area contributed by atoms with Crippen molar-refractivity contribution in [2.45, 2.75) is 13.0 Å². The summed E-state index contributed by atoms with van der Waals surface area (Å²) in [6.07, 6.45) is 0. The molecule has 2 rings (SSSR count). The lowest BCUT2D eigenvalue weighted by atomic mass is 10.2. The smallest absolute Gasteiger partial charge is 0.254 e. The van der Waals surface area contributed by atoms with Gasteiger partial charge in [-0.05, 0) is 31.2 Å². The summed E-state index contributed by atoms with van der Waals surface area (Å²) in [6, 6.07) is 8.97. The third-order valence-electron chi connectivity index (χ3n) is 2.93. The number of hydrogen-bond donors (Lipinski definition) is 2. The second-order valence-corrected chi connectivity index (χ2v) is 6.34. The molecule has 22 heavy (non-hydrogen) atoms. The summed E-state index contributed by atoms with van der Waals surface area (Å²) >= 11 is 7.21. The Labute approximate surface area is 136 Å². The number of nitrogens with one attached hydrogen (secondary N) is 2. The molecule has 2 N–H and O–H groups in total. The summed E-state index contributed by atoms with van der Waals surface area (Å²) in [5.74, 6) is -1.61. The van der Waals surface area contributed by atoms with Gasteiger partial charge in [0.2, 0.25) is 5.91 Å². The Hall–Kier alpha value is -1.92. The van der Waals surface area contributed by atoms with Crippen LogP contribution < -0.4 is 10.6 Å². The second kappa shape index (κ2) is 7.38. The van der Waals surface area contributed by atoms with Crippen molar-refractivity contribution in [1.29, 1.82) is 0 Å². The average molecular weight is 341 g/mol. The zero-order valence-electron chi connectivity index (χ0n) is 11.7. The van der Waals surface area contributed by atoms with Crippen molar-refractivity contribution in [2.24, 2.45) is 0 Å². The van der Waals surface area contributed by atoms with Crippen LogP contribution in [0.25, 0.3) is 0 Å². The third-order valence-corrected chi connectivity index (χ3v) is 4.34. The topological polar surface area (TPSA) is 58.2 Å². The van der Waals surface area contributed by atoms with Gasteiger partial charge in [-0.15, -0.1) is 11.3 Å². The average Bonchev–Trinajstić information content (AvgIpc) is 2.92. The Bertz CT molecular complexity index is 690. The van der Waals surface area contributed by atoms with Crippen LogP contribution in [0.1, 0.15) is 28.2 Å². The first kappa shape index (κ1) is 16.5. The molecule has 0 saturated carbocycles. The summed E-state index contributed by atoms with van der Waals surface area (Å²) in [4.78, 5) is 24.5. The number of carbonyl (C=O) groups is 2. The van der Waals surface area contributed by atoms with Crippen LogP contribution in [0.4, 0.5) is 4.39 Å². The molecule has 0 fully saturated rings. The van der Waals surface area contributed by atoms with Gasteiger partial charge >= 0.3 is 0 Å². The van der Waals surface area contributed by atoms with Crippen molar-refractivity contribution in [3.8, 4) is 0 Å². The van der Waals surface area contributed by atoms with E-state index >= 15 is 0 Å². The van der Waals surface area contributed by atoms with E-state index in [9.17, 15) is 14.0 Å². The van der Waals surface area contributed by atoms with Crippen molar-refractivity contribution in [3.05, 3.63) is 57.0 Å². The minimum atomic E-state index is -0.625. The molecule has 1 unspecified atom stereocenters. The lowest BCUT2D eigenvalue weighted by Crippen LogP contribution is -2.38. The monoisotopic (exact) mass is 340 g/mol. The first-order valence-corrected chi connectivity index (χ1v) is 7.74. The molecule has 116 valence electrons. The summed E-state index contributed by atoms with van der Waals surface area (Å²) in [6.45, 7) is 1.59. The summed E-state index contributed by atoms with van der Waals surface area (Å²) in [7, 11) is 0. The highest BCUT2D eigenvalue weighted by molar-refractivity contribution is 7.16. The van der Waals surface area contributed by atoms with Crippen LogP contribution in [0.3, 0.4) is 0 Å².